The number of hydrogen-bond acceptors (Lipinski definition) is 4. The molecule has 0 unspecified atom stereocenters. The van der Waals surface area contributed by atoms with Crippen molar-refractivity contribution < 1.29 is 17.9 Å². The third-order valence-electron chi connectivity index (χ3n) is 5.29. The molecule has 6 nitrogen and oxygen atoms in total. The molecule has 31 heavy (non-hydrogen) atoms. The second-order valence-corrected chi connectivity index (χ2v) is 9.43. The molecule has 160 valence electrons. The summed E-state index contributed by atoms with van der Waals surface area (Å²) in [6, 6.07) is 22.9. The zero-order valence-corrected chi connectivity index (χ0v) is 18.2. The van der Waals surface area contributed by atoms with E-state index in [-0.39, 0.29) is 23.4 Å². The van der Waals surface area contributed by atoms with Crippen LogP contribution in [0.15, 0.2) is 83.8 Å². The van der Waals surface area contributed by atoms with Gasteiger partial charge in [0.25, 0.3) is 15.9 Å². The number of hydrogen-bond donors (Lipinski definition) is 1. The van der Waals surface area contributed by atoms with E-state index >= 15 is 0 Å². The van der Waals surface area contributed by atoms with Crippen LogP contribution in [0.5, 0.6) is 5.75 Å². The van der Waals surface area contributed by atoms with Crippen molar-refractivity contribution in [3.8, 4) is 5.75 Å². The van der Waals surface area contributed by atoms with Gasteiger partial charge in [0.15, 0.2) is 6.10 Å². The third kappa shape index (κ3) is 4.27. The van der Waals surface area contributed by atoms with Gasteiger partial charge in [-0.25, -0.2) is 8.42 Å². The van der Waals surface area contributed by atoms with E-state index in [1.54, 1.807) is 48.5 Å². The number of carbonyl (C=O) groups is 1. The zero-order chi connectivity index (χ0) is 22.0. The van der Waals surface area contributed by atoms with Crippen LogP contribution in [0.25, 0.3) is 0 Å². The number of nitrogens with zero attached hydrogens (tertiary/aromatic N) is 1. The minimum atomic E-state index is -3.87. The Kier molecular flexibility index (Phi) is 5.69. The number of rotatable bonds is 5. The van der Waals surface area contributed by atoms with Crippen molar-refractivity contribution in [1.82, 2.24) is 5.32 Å². The summed E-state index contributed by atoms with van der Waals surface area (Å²) >= 11 is 0. The lowest BCUT2D eigenvalue weighted by Crippen LogP contribution is -2.51. The number of aryl methyl sites for hydroxylation is 1. The fraction of sp³-hybridized carbons (Fsp3) is 0.208. The van der Waals surface area contributed by atoms with Crippen LogP contribution in [0.2, 0.25) is 0 Å². The predicted octanol–water partition coefficient (Wildman–Crippen LogP) is 3.83. The highest BCUT2D eigenvalue weighted by atomic mass is 32.2. The van der Waals surface area contributed by atoms with Gasteiger partial charge in [0, 0.05) is 0 Å². The molecule has 0 spiro atoms. The number of anilines is 1. The molecule has 1 amide bonds. The van der Waals surface area contributed by atoms with Crippen molar-refractivity contribution in [2.45, 2.75) is 30.9 Å². The van der Waals surface area contributed by atoms with Gasteiger partial charge in [0.1, 0.15) is 5.75 Å². The van der Waals surface area contributed by atoms with Gasteiger partial charge < -0.3 is 10.1 Å². The summed E-state index contributed by atoms with van der Waals surface area (Å²) in [5.74, 6) is -0.00749. The van der Waals surface area contributed by atoms with Crippen LogP contribution in [0.4, 0.5) is 5.69 Å². The number of amides is 1. The van der Waals surface area contributed by atoms with Crippen LogP contribution >= 0.6 is 0 Å². The van der Waals surface area contributed by atoms with Crippen molar-refractivity contribution in [1.29, 1.82) is 0 Å². The molecule has 3 aromatic rings. The molecule has 0 saturated heterocycles. The van der Waals surface area contributed by atoms with Crippen LogP contribution in [-0.4, -0.2) is 27.0 Å². The molecular formula is C24H24N2O4S. The molecule has 1 heterocycles. The predicted molar refractivity (Wildman–Crippen MR) is 120 cm³/mol. The number of fused-ring (bicyclic) bond motifs is 1. The SMILES string of the molecule is Cc1ccc(S(=O)(=O)N2C[C@@H](C(=O)N[C@@H](C)c3ccccc3)Oc3ccccc32)cc1. The van der Waals surface area contributed by atoms with E-state index in [0.717, 1.165) is 11.1 Å². The summed E-state index contributed by atoms with van der Waals surface area (Å²) in [7, 11) is -3.87. The molecule has 0 bridgehead atoms. The van der Waals surface area contributed by atoms with Gasteiger partial charge >= 0.3 is 0 Å². The third-order valence-corrected chi connectivity index (χ3v) is 7.09. The van der Waals surface area contributed by atoms with E-state index < -0.39 is 16.1 Å². The van der Waals surface area contributed by atoms with E-state index in [2.05, 4.69) is 5.32 Å². The molecule has 0 aromatic heterocycles. The first-order chi connectivity index (χ1) is 14.9. The van der Waals surface area contributed by atoms with Crippen molar-refractivity contribution >= 4 is 21.6 Å². The summed E-state index contributed by atoms with van der Waals surface area (Å²) in [5.41, 5.74) is 2.34. The molecular weight excluding hydrogens is 412 g/mol. The van der Waals surface area contributed by atoms with Crippen LogP contribution in [0.1, 0.15) is 24.1 Å². The van der Waals surface area contributed by atoms with Crippen molar-refractivity contribution in [3.05, 3.63) is 90.0 Å². The Hall–Kier alpha value is -3.32. The van der Waals surface area contributed by atoms with E-state index in [1.165, 1.54) is 4.31 Å². The summed E-state index contributed by atoms with van der Waals surface area (Å²) in [6.45, 7) is 3.67. The number of nitrogens with one attached hydrogen (secondary N) is 1. The van der Waals surface area contributed by atoms with E-state index in [0.29, 0.717) is 11.4 Å². The Bertz CT molecular complexity index is 1180. The molecule has 7 heteroatoms. The van der Waals surface area contributed by atoms with Gasteiger partial charge in [0.05, 0.1) is 23.2 Å². The standard InChI is InChI=1S/C24H24N2O4S/c1-17-12-14-20(15-13-17)31(28,29)26-16-23(30-22-11-7-6-10-21(22)26)24(27)25-18(2)19-8-4-3-5-9-19/h3-15,18,23H,16H2,1-2H3,(H,25,27)/t18-,23-/m0/s1. The monoisotopic (exact) mass is 436 g/mol. The first-order valence-electron chi connectivity index (χ1n) is 10.1. The maximum absolute atomic E-state index is 13.4. The van der Waals surface area contributed by atoms with Gasteiger partial charge in [-0.1, -0.05) is 60.2 Å². The highest BCUT2D eigenvalue weighted by Crippen LogP contribution is 2.37. The van der Waals surface area contributed by atoms with Gasteiger partial charge in [-0.15, -0.1) is 0 Å². The minimum Gasteiger partial charge on any atom is -0.476 e. The van der Waals surface area contributed by atoms with Crippen LogP contribution in [0, 0.1) is 6.92 Å². The summed E-state index contributed by atoms with van der Waals surface area (Å²) in [6.07, 6.45) is -0.971. The Morgan fingerprint density at radius 1 is 1.00 bits per heavy atom. The van der Waals surface area contributed by atoms with Crippen LogP contribution in [0.3, 0.4) is 0 Å². The lowest BCUT2D eigenvalue weighted by molar-refractivity contribution is -0.128. The highest BCUT2D eigenvalue weighted by Gasteiger charge is 2.37. The molecule has 0 saturated carbocycles. The Morgan fingerprint density at radius 3 is 2.35 bits per heavy atom. The fourth-order valence-electron chi connectivity index (χ4n) is 3.54. The van der Waals surface area contributed by atoms with Crippen molar-refractivity contribution in [2.24, 2.45) is 0 Å². The Morgan fingerprint density at radius 2 is 1.65 bits per heavy atom. The lowest BCUT2D eigenvalue weighted by Gasteiger charge is -2.35. The molecule has 1 aliphatic heterocycles. The smallest absolute Gasteiger partial charge is 0.264 e. The number of para-hydroxylation sites is 2. The summed E-state index contributed by atoms with van der Waals surface area (Å²) in [4.78, 5) is 13.2. The highest BCUT2D eigenvalue weighted by molar-refractivity contribution is 7.92. The zero-order valence-electron chi connectivity index (χ0n) is 17.4. The van der Waals surface area contributed by atoms with E-state index in [4.69, 9.17) is 4.74 Å². The van der Waals surface area contributed by atoms with Gasteiger partial charge in [-0.05, 0) is 43.7 Å². The maximum atomic E-state index is 13.4. The lowest BCUT2D eigenvalue weighted by atomic mass is 10.1. The Labute approximate surface area is 182 Å². The van der Waals surface area contributed by atoms with Crippen LogP contribution in [-0.2, 0) is 14.8 Å². The van der Waals surface area contributed by atoms with Crippen molar-refractivity contribution in [3.63, 3.8) is 0 Å². The molecule has 0 fully saturated rings. The summed E-state index contributed by atoms with van der Waals surface area (Å²) in [5, 5.41) is 2.93. The van der Waals surface area contributed by atoms with Gasteiger partial charge in [0.2, 0.25) is 0 Å². The largest absolute Gasteiger partial charge is 0.476 e. The van der Waals surface area contributed by atoms with Crippen LogP contribution < -0.4 is 14.4 Å². The van der Waals surface area contributed by atoms with E-state index in [9.17, 15) is 13.2 Å². The molecule has 0 radical (unpaired) electrons. The normalized spacial score (nSPS) is 16.7. The second-order valence-electron chi connectivity index (χ2n) is 7.56. The number of benzene rings is 3. The maximum Gasteiger partial charge on any atom is 0.264 e. The molecule has 4 rings (SSSR count). The van der Waals surface area contributed by atoms with E-state index in [1.807, 2.05) is 44.2 Å². The van der Waals surface area contributed by atoms with Gasteiger partial charge in [-0.3, -0.25) is 9.10 Å². The van der Waals surface area contributed by atoms with Gasteiger partial charge in [-0.2, -0.15) is 0 Å². The molecule has 2 atom stereocenters. The second kappa shape index (κ2) is 8.43. The topological polar surface area (TPSA) is 75.7 Å². The average Bonchev–Trinajstić information content (AvgIpc) is 2.79. The summed E-state index contributed by atoms with van der Waals surface area (Å²) < 4.78 is 34.0. The molecule has 3 aromatic carbocycles. The quantitative estimate of drug-likeness (QED) is 0.660. The molecule has 0 aliphatic carbocycles. The molecule has 1 aliphatic rings. The number of ether oxygens (including phenoxy) is 1. The fourth-order valence-corrected chi connectivity index (χ4v) is 5.01. The Balaban J connectivity index is 1.63. The minimum absolute atomic E-state index is 0.111. The number of sulfonamides is 1. The van der Waals surface area contributed by atoms with Crippen molar-refractivity contribution in [2.75, 3.05) is 10.8 Å². The average molecular weight is 437 g/mol. The first kappa shape index (κ1) is 20.9. The first-order valence-corrected chi connectivity index (χ1v) is 11.5. The molecule has 1 N–H and O–H groups in total. The number of carbonyl (C=O) groups excluding carboxylic acids is 1.